The third-order valence-corrected chi connectivity index (χ3v) is 1.70. The lowest BCUT2D eigenvalue weighted by Crippen LogP contribution is -1.95. The van der Waals surface area contributed by atoms with Gasteiger partial charge in [0.1, 0.15) is 0 Å². The lowest BCUT2D eigenvalue weighted by Gasteiger charge is -2.02. The molecule has 58 valence electrons. The number of anilines is 1. The third-order valence-electron chi connectivity index (χ3n) is 1.70. The van der Waals surface area contributed by atoms with Crippen LogP contribution >= 0.6 is 0 Å². The van der Waals surface area contributed by atoms with Crippen LogP contribution in [0.3, 0.4) is 0 Å². The van der Waals surface area contributed by atoms with Gasteiger partial charge >= 0.3 is 0 Å². The minimum Gasteiger partial charge on any atom is -0.399 e. The van der Waals surface area contributed by atoms with Crippen molar-refractivity contribution >= 4 is 11.4 Å². The maximum absolute atomic E-state index is 7.36. The van der Waals surface area contributed by atoms with Crippen molar-refractivity contribution in [2.24, 2.45) is 0 Å². The van der Waals surface area contributed by atoms with Crippen LogP contribution in [0.25, 0.3) is 0 Å². The van der Waals surface area contributed by atoms with E-state index in [4.69, 9.17) is 11.1 Å². The zero-order chi connectivity index (χ0) is 8.43. The molecule has 0 aromatic heterocycles. The van der Waals surface area contributed by atoms with Gasteiger partial charge in [0.15, 0.2) is 0 Å². The maximum Gasteiger partial charge on any atom is 0.0355 e. The van der Waals surface area contributed by atoms with Crippen LogP contribution < -0.4 is 5.73 Å². The quantitative estimate of drug-likeness (QED) is 0.464. The normalized spacial score (nSPS) is 9.64. The molecule has 2 nitrogen and oxygen atoms in total. The molecule has 0 radical (unpaired) electrons. The molecule has 0 fully saturated rings. The summed E-state index contributed by atoms with van der Waals surface area (Å²) in [5.41, 5.74) is 8.96. The molecule has 0 aliphatic carbocycles. The molecule has 0 bridgehead atoms. The highest BCUT2D eigenvalue weighted by Gasteiger charge is 1.97. The summed E-state index contributed by atoms with van der Waals surface area (Å²) in [6.07, 6.45) is 0. The molecule has 0 saturated carbocycles. The van der Waals surface area contributed by atoms with Gasteiger partial charge in [0.25, 0.3) is 0 Å². The summed E-state index contributed by atoms with van der Waals surface area (Å²) in [4.78, 5) is 0. The Kier molecular flexibility index (Phi) is 1.94. The van der Waals surface area contributed by atoms with Crippen molar-refractivity contribution in [2.75, 3.05) is 5.73 Å². The van der Waals surface area contributed by atoms with Crippen molar-refractivity contribution < 1.29 is 0 Å². The Morgan fingerprint density at radius 3 is 2.55 bits per heavy atom. The average Bonchev–Trinajstić information content (AvgIpc) is 1.94. The summed E-state index contributed by atoms with van der Waals surface area (Å²) < 4.78 is 0. The van der Waals surface area contributed by atoms with Gasteiger partial charge < -0.3 is 11.1 Å². The Balaban J connectivity index is 3.15. The highest BCUT2D eigenvalue weighted by atomic mass is 14.6. The first kappa shape index (κ1) is 7.79. The van der Waals surface area contributed by atoms with Gasteiger partial charge in [-0.25, -0.2) is 0 Å². The molecule has 0 amide bonds. The minimum atomic E-state index is 0.577. The van der Waals surface area contributed by atoms with Crippen molar-refractivity contribution in [1.82, 2.24) is 0 Å². The predicted octanol–water partition coefficient (Wildman–Crippen LogP) is 1.96. The van der Waals surface area contributed by atoms with Gasteiger partial charge in [-0.15, -0.1) is 0 Å². The van der Waals surface area contributed by atoms with Crippen molar-refractivity contribution in [3.63, 3.8) is 0 Å². The number of nitrogens with two attached hydrogens (primary N) is 1. The van der Waals surface area contributed by atoms with E-state index in [2.05, 4.69) is 0 Å². The Morgan fingerprint density at radius 2 is 2.09 bits per heavy atom. The SMILES string of the molecule is CC(=N)c1ccc(N)c(C)c1. The molecule has 2 heteroatoms. The Bertz CT molecular complexity index is 290. The molecule has 0 unspecified atom stereocenters. The first-order chi connectivity index (χ1) is 5.11. The van der Waals surface area contributed by atoms with Crippen LogP contribution in [0, 0.1) is 12.3 Å². The average molecular weight is 148 g/mol. The number of rotatable bonds is 1. The van der Waals surface area contributed by atoms with Gasteiger partial charge in [-0.3, -0.25) is 0 Å². The molecular formula is C9H12N2. The number of aryl methyl sites for hydroxylation is 1. The summed E-state index contributed by atoms with van der Waals surface area (Å²) in [5, 5.41) is 7.36. The standard InChI is InChI=1S/C9H12N2/c1-6-5-8(7(2)10)3-4-9(6)11/h3-5,10H,11H2,1-2H3. The number of hydrogen-bond donors (Lipinski definition) is 2. The molecule has 1 rings (SSSR count). The molecule has 0 saturated heterocycles. The fourth-order valence-electron chi connectivity index (χ4n) is 0.909. The lowest BCUT2D eigenvalue weighted by molar-refractivity contribution is 1.41. The van der Waals surface area contributed by atoms with Gasteiger partial charge in [-0.1, -0.05) is 6.07 Å². The number of benzene rings is 1. The molecule has 1 aromatic rings. The molecule has 1 aromatic carbocycles. The van der Waals surface area contributed by atoms with E-state index in [1.54, 1.807) is 6.92 Å². The smallest absolute Gasteiger partial charge is 0.0355 e. The molecule has 0 heterocycles. The van der Waals surface area contributed by atoms with Crippen LogP contribution in [-0.4, -0.2) is 5.71 Å². The van der Waals surface area contributed by atoms with E-state index in [-0.39, 0.29) is 0 Å². The van der Waals surface area contributed by atoms with E-state index in [1.807, 2.05) is 25.1 Å². The monoisotopic (exact) mass is 148 g/mol. The summed E-state index contributed by atoms with van der Waals surface area (Å²) in [6, 6.07) is 5.63. The maximum atomic E-state index is 7.36. The second-order valence-corrected chi connectivity index (χ2v) is 2.70. The number of hydrogen-bond acceptors (Lipinski definition) is 2. The highest BCUT2D eigenvalue weighted by molar-refractivity contribution is 5.96. The second-order valence-electron chi connectivity index (χ2n) is 2.70. The lowest BCUT2D eigenvalue weighted by atomic mass is 10.1. The molecule has 11 heavy (non-hydrogen) atoms. The first-order valence-electron chi connectivity index (χ1n) is 3.53. The molecule has 0 aliphatic heterocycles. The summed E-state index contributed by atoms with van der Waals surface area (Å²) in [7, 11) is 0. The van der Waals surface area contributed by atoms with Crippen molar-refractivity contribution in [3.05, 3.63) is 29.3 Å². The summed E-state index contributed by atoms with van der Waals surface area (Å²) in [5.74, 6) is 0. The topological polar surface area (TPSA) is 49.9 Å². The van der Waals surface area contributed by atoms with E-state index in [1.165, 1.54) is 0 Å². The summed E-state index contributed by atoms with van der Waals surface area (Å²) in [6.45, 7) is 3.72. The third kappa shape index (κ3) is 1.58. The Morgan fingerprint density at radius 1 is 1.45 bits per heavy atom. The molecular weight excluding hydrogens is 136 g/mol. The van der Waals surface area contributed by atoms with Crippen molar-refractivity contribution in [1.29, 1.82) is 5.41 Å². The van der Waals surface area contributed by atoms with Crippen molar-refractivity contribution in [2.45, 2.75) is 13.8 Å². The number of nitrogen functional groups attached to an aromatic ring is 1. The molecule has 3 N–H and O–H groups in total. The fraction of sp³-hybridized carbons (Fsp3) is 0.222. The van der Waals surface area contributed by atoms with E-state index in [9.17, 15) is 0 Å². The van der Waals surface area contributed by atoms with Crippen LogP contribution in [-0.2, 0) is 0 Å². The van der Waals surface area contributed by atoms with Gasteiger partial charge in [0.05, 0.1) is 0 Å². The van der Waals surface area contributed by atoms with Crippen LogP contribution in [0.2, 0.25) is 0 Å². The summed E-state index contributed by atoms with van der Waals surface area (Å²) >= 11 is 0. The van der Waals surface area contributed by atoms with Crippen LogP contribution in [0.4, 0.5) is 5.69 Å². The van der Waals surface area contributed by atoms with Crippen molar-refractivity contribution in [3.8, 4) is 0 Å². The van der Waals surface area contributed by atoms with E-state index >= 15 is 0 Å². The minimum absolute atomic E-state index is 0.577. The molecule has 0 spiro atoms. The van der Waals surface area contributed by atoms with E-state index in [0.717, 1.165) is 16.8 Å². The number of nitrogens with one attached hydrogen (secondary N) is 1. The van der Waals surface area contributed by atoms with Crippen LogP contribution in [0.1, 0.15) is 18.1 Å². The Labute approximate surface area is 66.6 Å². The predicted molar refractivity (Wildman–Crippen MR) is 48.1 cm³/mol. The van der Waals surface area contributed by atoms with Gasteiger partial charge in [-0.2, -0.15) is 0 Å². The first-order valence-corrected chi connectivity index (χ1v) is 3.53. The van der Waals surface area contributed by atoms with E-state index in [0.29, 0.717) is 5.71 Å². The second kappa shape index (κ2) is 2.74. The largest absolute Gasteiger partial charge is 0.399 e. The van der Waals surface area contributed by atoms with Crippen LogP contribution in [0.5, 0.6) is 0 Å². The Hall–Kier alpha value is -1.31. The zero-order valence-electron chi connectivity index (χ0n) is 6.81. The molecule has 0 atom stereocenters. The van der Waals surface area contributed by atoms with Gasteiger partial charge in [-0.05, 0) is 37.1 Å². The highest BCUT2D eigenvalue weighted by Crippen LogP contribution is 2.12. The van der Waals surface area contributed by atoms with Crippen LogP contribution in [0.15, 0.2) is 18.2 Å². The molecule has 0 aliphatic rings. The fourth-order valence-corrected chi connectivity index (χ4v) is 0.909. The zero-order valence-corrected chi connectivity index (χ0v) is 6.81. The van der Waals surface area contributed by atoms with E-state index < -0.39 is 0 Å². The van der Waals surface area contributed by atoms with Gasteiger partial charge in [0.2, 0.25) is 0 Å². The van der Waals surface area contributed by atoms with Gasteiger partial charge in [0, 0.05) is 11.4 Å².